The van der Waals surface area contributed by atoms with Gasteiger partial charge >= 0.3 is 7.82 Å². The molecule has 0 aliphatic heterocycles. The third kappa shape index (κ3) is 6.69. The van der Waals surface area contributed by atoms with E-state index >= 15 is 0 Å². The summed E-state index contributed by atoms with van der Waals surface area (Å²) in [5.74, 6) is 0. The number of rotatable bonds is 7. The van der Waals surface area contributed by atoms with E-state index < -0.39 is 39.2 Å². The first-order valence-electron chi connectivity index (χ1n) is 3.96. The zero-order valence-electron chi connectivity index (χ0n) is 7.63. The highest BCUT2D eigenvalue weighted by Gasteiger charge is 2.27. The molecule has 9 heteroatoms. The lowest BCUT2D eigenvalue weighted by Gasteiger charge is -2.21. The molecule has 3 atom stereocenters. The van der Waals surface area contributed by atoms with Crippen LogP contribution in [0.1, 0.15) is 6.42 Å². The SMILES string of the molecule is O=CC[C@@H](O)[C@@H](O)[C@H](O)COP(=O)(O)O. The highest BCUT2D eigenvalue weighted by molar-refractivity contribution is 7.46. The number of phosphoric ester groups is 1. The van der Waals surface area contributed by atoms with E-state index in [0.29, 0.717) is 6.29 Å². The minimum Gasteiger partial charge on any atom is -0.390 e. The van der Waals surface area contributed by atoms with E-state index in [1.165, 1.54) is 0 Å². The minimum absolute atomic E-state index is 0.338. The summed E-state index contributed by atoms with van der Waals surface area (Å²) in [4.78, 5) is 26.5. The maximum Gasteiger partial charge on any atom is 0.469 e. The number of carbonyl (C=O) groups is 1. The normalized spacial score (nSPS) is 18.2. The zero-order chi connectivity index (χ0) is 12.1. The summed E-state index contributed by atoms with van der Waals surface area (Å²) in [5.41, 5.74) is 0. The molecule has 90 valence electrons. The molecule has 5 N–H and O–H groups in total. The van der Waals surface area contributed by atoms with E-state index in [-0.39, 0.29) is 0 Å². The van der Waals surface area contributed by atoms with E-state index in [1.807, 2.05) is 0 Å². The van der Waals surface area contributed by atoms with E-state index in [0.717, 1.165) is 0 Å². The predicted octanol–water partition coefficient (Wildman–Crippen LogP) is -2.23. The van der Waals surface area contributed by atoms with Crippen LogP contribution in [-0.2, 0) is 13.9 Å². The molecule has 0 fully saturated rings. The van der Waals surface area contributed by atoms with Crippen LogP contribution in [0.4, 0.5) is 0 Å². The van der Waals surface area contributed by atoms with Crippen molar-refractivity contribution in [2.24, 2.45) is 0 Å². The molecule has 0 saturated heterocycles. The largest absolute Gasteiger partial charge is 0.469 e. The monoisotopic (exact) mass is 244 g/mol. The van der Waals surface area contributed by atoms with Crippen LogP contribution >= 0.6 is 7.82 Å². The fraction of sp³-hybridized carbons (Fsp3) is 0.833. The molecular formula is C6H13O8P. The van der Waals surface area contributed by atoms with Gasteiger partial charge in [-0.15, -0.1) is 0 Å². The smallest absolute Gasteiger partial charge is 0.390 e. The fourth-order valence-electron chi connectivity index (χ4n) is 0.766. The van der Waals surface area contributed by atoms with Gasteiger partial charge in [-0.3, -0.25) is 4.52 Å². The molecule has 0 aromatic heterocycles. The number of aldehydes is 1. The maximum absolute atomic E-state index is 10.2. The van der Waals surface area contributed by atoms with Crippen molar-refractivity contribution in [3.05, 3.63) is 0 Å². The van der Waals surface area contributed by atoms with Crippen LogP contribution in [0.15, 0.2) is 0 Å². The molecule has 0 saturated carbocycles. The number of carbonyl (C=O) groups excluding carboxylic acids is 1. The molecule has 0 amide bonds. The zero-order valence-corrected chi connectivity index (χ0v) is 8.53. The third-order valence-corrected chi connectivity index (χ3v) is 2.03. The lowest BCUT2D eigenvalue weighted by molar-refractivity contribution is -0.115. The average Bonchev–Trinajstić information content (AvgIpc) is 2.12. The van der Waals surface area contributed by atoms with Gasteiger partial charge in [-0.05, 0) is 0 Å². The van der Waals surface area contributed by atoms with Gasteiger partial charge < -0.3 is 29.9 Å². The Labute approximate surface area is 85.4 Å². The van der Waals surface area contributed by atoms with Crippen molar-refractivity contribution >= 4 is 14.1 Å². The second-order valence-electron chi connectivity index (χ2n) is 2.81. The van der Waals surface area contributed by atoms with E-state index in [4.69, 9.17) is 25.1 Å². The first-order valence-corrected chi connectivity index (χ1v) is 5.49. The van der Waals surface area contributed by atoms with Gasteiger partial charge in [0.05, 0.1) is 12.7 Å². The van der Waals surface area contributed by atoms with Crippen LogP contribution in [0.5, 0.6) is 0 Å². The quantitative estimate of drug-likeness (QED) is 0.250. The number of phosphoric acid groups is 1. The summed E-state index contributed by atoms with van der Waals surface area (Å²) in [6.45, 7) is -0.846. The highest BCUT2D eigenvalue weighted by Crippen LogP contribution is 2.35. The molecule has 0 aromatic carbocycles. The molecule has 0 bridgehead atoms. The second kappa shape index (κ2) is 6.29. The third-order valence-electron chi connectivity index (χ3n) is 1.54. The lowest BCUT2D eigenvalue weighted by atomic mass is 10.1. The second-order valence-corrected chi connectivity index (χ2v) is 4.05. The van der Waals surface area contributed by atoms with Crippen molar-refractivity contribution in [2.75, 3.05) is 6.61 Å². The first kappa shape index (κ1) is 14.7. The Morgan fingerprint density at radius 1 is 1.20 bits per heavy atom. The molecular weight excluding hydrogens is 231 g/mol. The highest BCUT2D eigenvalue weighted by atomic mass is 31.2. The van der Waals surface area contributed by atoms with Crippen molar-refractivity contribution in [3.63, 3.8) is 0 Å². The molecule has 15 heavy (non-hydrogen) atoms. The van der Waals surface area contributed by atoms with Crippen LogP contribution in [0.25, 0.3) is 0 Å². The maximum atomic E-state index is 10.2. The Hall–Kier alpha value is -0.340. The van der Waals surface area contributed by atoms with Crippen LogP contribution < -0.4 is 0 Å². The molecule has 0 aromatic rings. The Bertz CT molecular complexity index is 237. The number of hydrogen-bond acceptors (Lipinski definition) is 6. The summed E-state index contributed by atoms with van der Waals surface area (Å²) in [6.07, 6.45) is -4.95. The van der Waals surface area contributed by atoms with Gasteiger partial charge in [-0.2, -0.15) is 0 Å². The lowest BCUT2D eigenvalue weighted by Crippen LogP contribution is -2.40. The van der Waals surface area contributed by atoms with Gasteiger partial charge in [0, 0.05) is 6.42 Å². The fourth-order valence-corrected chi connectivity index (χ4v) is 1.11. The number of hydrogen-bond donors (Lipinski definition) is 5. The van der Waals surface area contributed by atoms with E-state index in [1.54, 1.807) is 0 Å². The topological polar surface area (TPSA) is 145 Å². The van der Waals surface area contributed by atoms with Gasteiger partial charge in [-0.1, -0.05) is 0 Å². The van der Waals surface area contributed by atoms with Crippen molar-refractivity contribution < 1.29 is 39.0 Å². The molecule has 0 aliphatic rings. The molecule has 0 aliphatic carbocycles. The number of aliphatic hydroxyl groups is 3. The van der Waals surface area contributed by atoms with Crippen LogP contribution in [0.3, 0.4) is 0 Å². The molecule has 8 nitrogen and oxygen atoms in total. The Morgan fingerprint density at radius 2 is 1.73 bits per heavy atom. The van der Waals surface area contributed by atoms with Crippen LogP contribution in [0.2, 0.25) is 0 Å². The van der Waals surface area contributed by atoms with Gasteiger partial charge in [-0.25, -0.2) is 4.57 Å². The summed E-state index contributed by atoms with van der Waals surface area (Å²) < 4.78 is 14.1. The Balaban J connectivity index is 4.03. The Morgan fingerprint density at radius 3 is 2.13 bits per heavy atom. The molecule has 0 heterocycles. The van der Waals surface area contributed by atoms with E-state index in [9.17, 15) is 9.36 Å². The van der Waals surface area contributed by atoms with Crippen molar-refractivity contribution in [2.45, 2.75) is 24.7 Å². The van der Waals surface area contributed by atoms with Crippen LogP contribution in [0, 0.1) is 0 Å². The average molecular weight is 244 g/mol. The summed E-state index contributed by atoms with van der Waals surface area (Å²) in [5, 5.41) is 27.2. The predicted molar refractivity (Wildman–Crippen MR) is 46.7 cm³/mol. The molecule has 0 rings (SSSR count). The summed E-state index contributed by atoms with van der Waals surface area (Å²) in [7, 11) is -4.73. The minimum atomic E-state index is -4.73. The number of aliphatic hydroxyl groups excluding tert-OH is 3. The summed E-state index contributed by atoms with van der Waals surface area (Å²) >= 11 is 0. The van der Waals surface area contributed by atoms with Crippen LogP contribution in [-0.4, -0.2) is 56.3 Å². The van der Waals surface area contributed by atoms with Crippen molar-refractivity contribution in [1.82, 2.24) is 0 Å². The molecule has 0 radical (unpaired) electrons. The summed E-state index contributed by atoms with van der Waals surface area (Å²) in [6, 6.07) is 0. The van der Waals surface area contributed by atoms with Gasteiger partial charge in [0.2, 0.25) is 0 Å². The van der Waals surface area contributed by atoms with Gasteiger partial charge in [0.25, 0.3) is 0 Å². The van der Waals surface area contributed by atoms with Gasteiger partial charge in [0.1, 0.15) is 18.5 Å². The van der Waals surface area contributed by atoms with Crippen molar-refractivity contribution in [3.8, 4) is 0 Å². The molecule has 0 unspecified atom stereocenters. The molecule has 0 spiro atoms. The Kier molecular flexibility index (Phi) is 6.15. The van der Waals surface area contributed by atoms with Crippen molar-refractivity contribution in [1.29, 1.82) is 0 Å². The first-order chi connectivity index (χ1) is 6.78. The standard InChI is InChI=1S/C6H13O8P/c7-2-1-4(8)6(10)5(9)3-14-15(11,12)13/h2,4-6,8-10H,1,3H2,(H2,11,12,13)/t4-,5-,6-/m1/s1. The van der Waals surface area contributed by atoms with Gasteiger partial charge in [0.15, 0.2) is 0 Å². The van der Waals surface area contributed by atoms with E-state index in [2.05, 4.69) is 4.52 Å².